The molecule has 0 saturated carbocycles. The molecule has 6 heteroatoms. The van der Waals surface area contributed by atoms with Gasteiger partial charge >= 0.3 is 0 Å². The lowest BCUT2D eigenvalue weighted by Crippen LogP contribution is -2.19. The number of hydrogen-bond donors (Lipinski definition) is 0. The van der Waals surface area contributed by atoms with Gasteiger partial charge in [-0.3, -0.25) is 9.59 Å². The van der Waals surface area contributed by atoms with Gasteiger partial charge in [0.25, 0.3) is 0 Å². The van der Waals surface area contributed by atoms with Gasteiger partial charge in [-0.15, -0.1) is 0 Å². The predicted molar refractivity (Wildman–Crippen MR) is 99.8 cm³/mol. The van der Waals surface area contributed by atoms with Gasteiger partial charge in [-0.1, -0.05) is 0 Å². The maximum Gasteiger partial charge on any atom is 0.199 e. The zero-order chi connectivity index (χ0) is 19.0. The molecule has 2 aromatic carbocycles. The highest BCUT2D eigenvalue weighted by Gasteiger charge is 2.24. The Hall–Kier alpha value is -3.54. The first-order valence-corrected chi connectivity index (χ1v) is 8.26. The number of fused-ring (bicyclic) bond motifs is 2. The van der Waals surface area contributed by atoms with Gasteiger partial charge in [-0.25, -0.2) is 0 Å². The molecule has 0 unspecified atom stereocenters. The molecule has 0 N–H and O–H groups in total. The number of rotatable bonds is 3. The summed E-state index contributed by atoms with van der Waals surface area (Å²) in [5, 5.41) is 0.416. The molecular formula is C21H16O6. The molecule has 6 nitrogen and oxygen atoms in total. The van der Waals surface area contributed by atoms with Crippen molar-refractivity contribution in [3.05, 3.63) is 69.6 Å². The summed E-state index contributed by atoms with van der Waals surface area (Å²) in [6, 6.07) is 9.99. The summed E-state index contributed by atoms with van der Waals surface area (Å²) < 4.78 is 21.5. The number of carbonyl (C=O) groups is 1. The van der Waals surface area contributed by atoms with E-state index in [0.29, 0.717) is 39.4 Å². The summed E-state index contributed by atoms with van der Waals surface area (Å²) in [5.74, 6) is 1.49. The number of methoxy groups -OCH3 is 2. The van der Waals surface area contributed by atoms with Crippen molar-refractivity contribution in [3.8, 4) is 17.2 Å². The predicted octanol–water partition coefficient (Wildman–Crippen LogP) is 3.47. The maximum absolute atomic E-state index is 12.7. The second-order valence-electron chi connectivity index (χ2n) is 6.03. The molecule has 4 rings (SSSR count). The summed E-state index contributed by atoms with van der Waals surface area (Å²) in [4.78, 5) is 25.5. The number of Topliss-reactive ketones (excluding diaryl/α,β-unsaturated/α-hetero) is 1. The third-order valence-electron chi connectivity index (χ3n) is 4.45. The van der Waals surface area contributed by atoms with E-state index in [1.165, 1.54) is 12.3 Å². The second kappa shape index (κ2) is 6.64. The maximum atomic E-state index is 12.7. The van der Waals surface area contributed by atoms with Gasteiger partial charge in [-0.2, -0.15) is 0 Å². The van der Waals surface area contributed by atoms with Crippen molar-refractivity contribution in [2.75, 3.05) is 20.8 Å². The molecule has 3 aromatic rings. The molecule has 0 radical (unpaired) electrons. The molecule has 0 amide bonds. The molecule has 0 saturated heterocycles. The minimum Gasteiger partial charge on any atom is -0.497 e. The van der Waals surface area contributed by atoms with E-state index in [4.69, 9.17) is 18.6 Å². The second-order valence-corrected chi connectivity index (χ2v) is 6.03. The third-order valence-corrected chi connectivity index (χ3v) is 4.45. The third kappa shape index (κ3) is 2.95. The van der Waals surface area contributed by atoms with Crippen molar-refractivity contribution in [1.82, 2.24) is 0 Å². The fraction of sp³-hybridized carbons (Fsp3) is 0.143. The van der Waals surface area contributed by atoms with E-state index in [2.05, 4.69) is 0 Å². The number of hydrogen-bond acceptors (Lipinski definition) is 6. The van der Waals surface area contributed by atoms with Gasteiger partial charge in [0.2, 0.25) is 0 Å². The fourth-order valence-corrected chi connectivity index (χ4v) is 2.98. The molecule has 0 atom stereocenters. The first-order valence-electron chi connectivity index (χ1n) is 8.26. The Kier molecular flexibility index (Phi) is 4.16. The van der Waals surface area contributed by atoms with Crippen LogP contribution >= 0.6 is 0 Å². The van der Waals surface area contributed by atoms with E-state index in [0.717, 1.165) is 0 Å². The van der Waals surface area contributed by atoms with Crippen LogP contribution in [0.5, 0.6) is 17.2 Å². The number of carbonyl (C=O) groups excluding carboxylic acids is 1. The highest BCUT2D eigenvalue weighted by molar-refractivity contribution is 6.14. The molecular weight excluding hydrogens is 348 g/mol. The van der Waals surface area contributed by atoms with Crippen molar-refractivity contribution < 1.29 is 23.4 Å². The van der Waals surface area contributed by atoms with Crippen LogP contribution in [0.15, 0.2) is 57.4 Å². The zero-order valence-corrected chi connectivity index (χ0v) is 14.8. The SMILES string of the molecule is COc1ccc2c(c1)OC/C(=C\c1coc3cc(OC)ccc3c1=O)C2=O. The Morgan fingerprint density at radius 3 is 2.52 bits per heavy atom. The highest BCUT2D eigenvalue weighted by Crippen LogP contribution is 2.31. The average Bonchev–Trinajstić information content (AvgIpc) is 2.71. The molecule has 0 aliphatic carbocycles. The molecule has 1 aliphatic rings. The summed E-state index contributed by atoms with van der Waals surface area (Å²) in [5.41, 5.74) is 1.30. The molecule has 1 aromatic heterocycles. The van der Waals surface area contributed by atoms with Crippen molar-refractivity contribution in [3.63, 3.8) is 0 Å². The van der Waals surface area contributed by atoms with Crippen LogP contribution in [0.25, 0.3) is 17.0 Å². The molecule has 2 heterocycles. The Morgan fingerprint density at radius 2 is 1.74 bits per heavy atom. The van der Waals surface area contributed by atoms with Gasteiger partial charge < -0.3 is 18.6 Å². The highest BCUT2D eigenvalue weighted by atomic mass is 16.5. The Bertz CT molecular complexity index is 1140. The van der Waals surface area contributed by atoms with Crippen molar-refractivity contribution in [1.29, 1.82) is 0 Å². The van der Waals surface area contributed by atoms with Crippen LogP contribution in [-0.4, -0.2) is 26.6 Å². The first kappa shape index (κ1) is 16.9. The molecule has 27 heavy (non-hydrogen) atoms. The molecule has 0 spiro atoms. The summed E-state index contributed by atoms with van der Waals surface area (Å²) in [7, 11) is 3.09. The quantitative estimate of drug-likeness (QED) is 0.663. The Balaban J connectivity index is 1.74. The van der Waals surface area contributed by atoms with Gasteiger partial charge in [0.05, 0.1) is 30.7 Å². The molecule has 136 valence electrons. The van der Waals surface area contributed by atoms with Crippen LogP contribution in [0.3, 0.4) is 0 Å². The van der Waals surface area contributed by atoms with Crippen molar-refractivity contribution >= 4 is 22.8 Å². The van der Waals surface area contributed by atoms with E-state index >= 15 is 0 Å². The zero-order valence-electron chi connectivity index (χ0n) is 14.8. The largest absolute Gasteiger partial charge is 0.497 e. The van der Waals surface area contributed by atoms with Crippen LogP contribution in [0.1, 0.15) is 15.9 Å². The summed E-state index contributed by atoms with van der Waals surface area (Å²) >= 11 is 0. The van der Waals surface area contributed by atoms with Crippen molar-refractivity contribution in [2.45, 2.75) is 0 Å². The van der Waals surface area contributed by atoms with E-state index in [1.807, 2.05) is 0 Å². The van der Waals surface area contributed by atoms with Crippen LogP contribution in [0.4, 0.5) is 0 Å². The lowest BCUT2D eigenvalue weighted by molar-refractivity contribution is 0.100. The first-order chi connectivity index (χ1) is 13.1. The molecule has 1 aliphatic heterocycles. The van der Waals surface area contributed by atoms with E-state index in [9.17, 15) is 9.59 Å². The number of ether oxygens (including phenoxy) is 3. The average molecular weight is 364 g/mol. The normalized spacial score (nSPS) is 14.7. The molecule has 0 bridgehead atoms. The van der Waals surface area contributed by atoms with Crippen LogP contribution < -0.4 is 19.6 Å². The topological polar surface area (TPSA) is 75.0 Å². The standard InChI is InChI=1S/C21H16O6/c1-24-14-3-5-16-18(8-14)26-10-12(20(16)22)7-13-11-27-19-9-15(25-2)4-6-17(19)21(13)23/h3-10H,11H2,1-2H3/b13-7+. The lowest BCUT2D eigenvalue weighted by atomic mass is 9.98. The summed E-state index contributed by atoms with van der Waals surface area (Å²) in [6.07, 6.45) is 2.86. The lowest BCUT2D eigenvalue weighted by Gasteiger charge is -2.19. The molecule has 0 fully saturated rings. The van der Waals surface area contributed by atoms with E-state index < -0.39 is 0 Å². The smallest absolute Gasteiger partial charge is 0.199 e. The van der Waals surface area contributed by atoms with E-state index in [1.54, 1.807) is 50.6 Å². The fourth-order valence-electron chi connectivity index (χ4n) is 2.98. The number of ketones is 1. The monoisotopic (exact) mass is 364 g/mol. The minimum absolute atomic E-state index is 0.0685. The minimum atomic E-state index is -0.222. The van der Waals surface area contributed by atoms with Crippen LogP contribution in [-0.2, 0) is 0 Å². The summed E-state index contributed by atoms with van der Waals surface area (Å²) in [6.45, 7) is 0.0685. The Labute approximate surface area is 154 Å². The van der Waals surface area contributed by atoms with Gasteiger partial charge in [-0.05, 0) is 30.3 Å². The van der Waals surface area contributed by atoms with Gasteiger partial charge in [0, 0.05) is 17.7 Å². The van der Waals surface area contributed by atoms with Crippen molar-refractivity contribution in [2.24, 2.45) is 0 Å². The van der Waals surface area contributed by atoms with E-state index in [-0.39, 0.29) is 23.4 Å². The van der Waals surface area contributed by atoms with Crippen LogP contribution in [0, 0.1) is 0 Å². The Morgan fingerprint density at radius 1 is 1.00 bits per heavy atom. The van der Waals surface area contributed by atoms with Crippen LogP contribution in [0.2, 0.25) is 0 Å². The number of benzene rings is 2. The van der Waals surface area contributed by atoms with Gasteiger partial charge in [0.15, 0.2) is 11.2 Å². The van der Waals surface area contributed by atoms with Gasteiger partial charge in [0.1, 0.15) is 35.7 Å².